The lowest BCUT2D eigenvalue weighted by atomic mass is 10.0. The Hall–Kier alpha value is -3.66. The molecule has 0 N–H and O–H groups in total. The van der Waals surface area contributed by atoms with Crippen LogP contribution in [-0.4, -0.2) is 9.97 Å². The highest BCUT2D eigenvalue weighted by Crippen LogP contribution is 2.41. The maximum atomic E-state index is 8.12. The Morgan fingerprint density at radius 2 is 1.72 bits per heavy atom. The number of fused-ring (bicyclic) bond motifs is 7. The van der Waals surface area contributed by atoms with Gasteiger partial charge >= 0.3 is 0 Å². The molecule has 0 fully saturated rings. The number of para-hydroxylation sites is 2. The van der Waals surface area contributed by atoms with Gasteiger partial charge in [0.25, 0.3) is 0 Å². The third-order valence-corrected chi connectivity index (χ3v) is 5.13. The first-order valence-electron chi connectivity index (χ1n) is 13.4. The van der Waals surface area contributed by atoms with Crippen molar-refractivity contribution in [2.75, 3.05) is 0 Å². The minimum Gasteiger partial charge on any atom is -0.452 e. The zero-order chi connectivity index (χ0) is 27.2. The van der Waals surface area contributed by atoms with E-state index in [-0.39, 0.29) is 44.8 Å². The minimum atomic E-state index is -2.69. The van der Waals surface area contributed by atoms with Crippen LogP contribution in [-0.2, 0) is 0 Å². The fourth-order valence-electron chi connectivity index (χ4n) is 3.78. The van der Waals surface area contributed by atoms with Crippen molar-refractivity contribution < 1.29 is 21.2 Å². The molecule has 0 atom stereocenters. The van der Waals surface area contributed by atoms with E-state index in [9.17, 15) is 0 Å². The first-order chi connectivity index (χ1) is 17.7. The summed E-state index contributed by atoms with van der Waals surface area (Å²) in [4.78, 5) is 8.78. The van der Waals surface area contributed by atoms with E-state index >= 15 is 0 Å². The van der Waals surface area contributed by atoms with Crippen molar-refractivity contribution in [1.29, 1.82) is 0 Å². The number of hydrogen-bond donors (Lipinski definition) is 0. The van der Waals surface area contributed by atoms with Gasteiger partial charge in [-0.2, -0.15) is 0 Å². The Morgan fingerprint density at radius 3 is 2.62 bits per heavy atom. The Labute approximate surface area is 179 Å². The molecule has 0 saturated heterocycles. The van der Waals surface area contributed by atoms with Crippen LogP contribution in [0, 0.1) is 20.6 Å². The lowest BCUT2D eigenvalue weighted by Gasteiger charge is -2.05. The number of furan rings is 2. The molecule has 0 bridgehead atoms. The average Bonchev–Trinajstić information content (AvgIpc) is 3.40. The van der Waals surface area contributed by atoms with Gasteiger partial charge in [-0.05, 0) is 55.9 Å². The molecule has 0 unspecified atom stereocenters. The molecule has 29 heavy (non-hydrogen) atoms. The van der Waals surface area contributed by atoms with Crippen molar-refractivity contribution >= 4 is 44.0 Å². The van der Waals surface area contributed by atoms with E-state index in [2.05, 4.69) is 9.97 Å². The standard InChI is InChI=1S/C25H18N2O2/c1-13-11-19(26-12-14(13)2)16-8-6-9-18-22-25(29-23(16)18)24-21(15(3)27-22)17-7-4-5-10-20(17)28-24/h4-12H,1-3H3/i1D3,2D3,3D3. The maximum absolute atomic E-state index is 8.12. The van der Waals surface area contributed by atoms with Crippen LogP contribution in [0.4, 0.5) is 0 Å². The summed E-state index contributed by atoms with van der Waals surface area (Å²) in [5.74, 6) is 0. The van der Waals surface area contributed by atoms with Crippen molar-refractivity contribution in [3.05, 3.63) is 71.5 Å². The second kappa shape index (κ2) is 5.67. The van der Waals surface area contributed by atoms with Gasteiger partial charge in [-0.15, -0.1) is 0 Å². The van der Waals surface area contributed by atoms with Gasteiger partial charge in [-0.25, -0.2) is 4.98 Å². The van der Waals surface area contributed by atoms with Crippen LogP contribution in [0.25, 0.3) is 55.3 Å². The number of rotatable bonds is 1. The van der Waals surface area contributed by atoms with Crippen molar-refractivity contribution in [3.63, 3.8) is 0 Å². The predicted molar refractivity (Wildman–Crippen MR) is 116 cm³/mol. The molecule has 4 heterocycles. The molecule has 0 aliphatic rings. The van der Waals surface area contributed by atoms with Crippen LogP contribution < -0.4 is 0 Å². The molecule has 140 valence electrons. The zero-order valence-electron chi connectivity index (χ0n) is 23.9. The van der Waals surface area contributed by atoms with Crippen molar-refractivity contribution in [1.82, 2.24) is 9.97 Å². The van der Waals surface area contributed by atoms with Gasteiger partial charge in [-0.3, -0.25) is 4.98 Å². The number of nitrogens with zero attached hydrogens (tertiary/aromatic N) is 2. The predicted octanol–water partition coefficient (Wildman–Crippen LogP) is 6.87. The summed E-state index contributed by atoms with van der Waals surface area (Å²) < 4.78 is 83.5. The summed E-state index contributed by atoms with van der Waals surface area (Å²) in [5, 5.41) is 1.40. The van der Waals surface area contributed by atoms with E-state index in [1.54, 1.807) is 42.5 Å². The number of aromatic nitrogens is 2. The molecule has 0 aliphatic heterocycles. The van der Waals surface area contributed by atoms with Gasteiger partial charge < -0.3 is 8.83 Å². The Morgan fingerprint density at radius 1 is 0.828 bits per heavy atom. The van der Waals surface area contributed by atoms with E-state index < -0.39 is 20.6 Å². The molecule has 0 amide bonds. The van der Waals surface area contributed by atoms with Crippen LogP contribution in [0.15, 0.2) is 63.6 Å². The van der Waals surface area contributed by atoms with Crippen molar-refractivity contribution in [2.24, 2.45) is 0 Å². The second-order valence-electron chi connectivity index (χ2n) is 6.84. The van der Waals surface area contributed by atoms with Gasteiger partial charge in [0, 0.05) is 34.9 Å². The maximum Gasteiger partial charge on any atom is 0.197 e. The molecule has 0 aliphatic carbocycles. The molecule has 6 aromatic rings. The zero-order valence-corrected chi connectivity index (χ0v) is 14.9. The average molecular weight is 387 g/mol. The summed E-state index contributed by atoms with van der Waals surface area (Å²) >= 11 is 0. The van der Waals surface area contributed by atoms with E-state index in [0.717, 1.165) is 6.20 Å². The van der Waals surface area contributed by atoms with Gasteiger partial charge in [0.05, 0.1) is 16.8 Å². The van der Waals surface area contributed by atoms with Gasteiger partial charge in [0.2, 0.25) is 0 Å². The highest BCUT2D eigenvalue weighted by molar-refractivity contribution is 6.19. The van der Waals surface area contributed by atoms with Crippen molar-refractivity contribution in [3.8, 4) is 11.3 Å². The molecule has 0 spiro atoms. The normalized spacial score (nSPS) is 17.9. The number of hydrogen-bond acceptors (Lipinski definition) is 4. The molecule has 6 rings (SSSR count). The van der Waals surface area contributed by atoms with Crippen molar-refractivity contribution in [2.45, 2.75) is 20.6 Å². The van der Waals surface area contributed by atoms with E-state index in [1.807, 2.05) is 0 Å². The van der Waals surface area contributed by atoms with Crippen LogP contribution in [0.5, 0.6) is 0 Å². The third kappa shape index (κ3) is 2.20. The minimum absolute atomic E-state index is 0.122. The van der Waals surface area contributed by atoms with Crippen LogP contribution in [0.2, 0.25) is 0 Å². The van der Waals surface area contributed by atoms with Crippen LogP contribution in [0.3, 0.4) is 0 Å². The fraction of sp³-hybridized carbons (Fsp3) is 0.120. The summed E-state index contributed by atoms with van der Waals surface area (Å²) in [6.07, 6.45) is 1.05. The Bertz CT molecular complexity index is 1890. The highest BCUT2D eigenvalue weighted by atomic mass is 16.4. The van der Waals surface area contributed by atoms with Crippen LogP contribution in [0.1, 0.15) is 29.2 Å². The number of pyridine rings is 2. The number of benzene rings is 2. The molecule has 4 nitrogen and oxygen atoms in total. The Balaban J connectivity index is 1.70. The molecule has 2 aromatic carbocycles. The molecule has 0 radical (unpaired) electrons. The molecule has 0 saturated carbocycles. The molecular weight excluding hydrogens is 360 g/mol. The first kappa shape index (κ1) is 9.70. The van der Waals surface area contributed by atoms with Gasteiger partial charge in [0.15, 0.2) is 11.2 Å². The first-order valence-corrected chi connectivity index (χ1v) is 8.93. The molecule has 4 aromatic heterocycles. The lowest BCUT2D eigenvalue weighted by Crippen LogP contribution is -1.88. The van der Waals surface area contributed by atoms with Crippen LogP contribution >= 0.6 is 0 Å². The highest BCUT2D eigenvalue weighted by Gasteiger charge is 2.21. The second-order valence-corrected chi connectivity index (χ2v) is 6.84. The topological polar surface area (TPSA) is 52.1 Å². The monoisotopic (exact) mass is 387 g/mol. The number of aryl methyl sites for hydroxylation is 3. The summed E-state index contributed by atoms with van der Waals surface area (Å²) in [7, 11) is 0. The lowest BCUT2D eigenvalue weighted by molar-refractivity contribution is 0.633. The van der Waals surface area contributed by atoms with E-state index in [0.29, 0.717) is 27.3 Å². The van der Waals surface area contributed by atoms with E-state index in [4.69, 9.17) is 21.2 Å². The summed E-state index contributed by atoms with van der Waals surface area (Å²) in [6, 6.07) is 13.3. The summed E-state index contributed by atoms with van der Waals surface area (Å²) in [5.41, 5.74) is 1.27. The molecular formula is C25H18N2O2. The van der Waals surface area contributed by atoms with Gasteiger partial charge in [0.1, 0.15) is 16.7 Å². The molecule has 4 heteroatoms. The van der Waals surface area contributed by atoms with Gasteiger partial charge in [-0.1, -0.05) is 24.3 Å². The quantitative estimate of drug-likeness (QED) is 0.309. The summed E-state index contributed by atoms with van der Waals surface area (Å²) in [6.45, 7) is -7.90. The largest absolute Gasteiger partial charge is 0.452 e. The SMILES string of the molecule is [2H]C([2H])([2H])c1cnc(-c2cccc3c2oc2c3nc(C([2H])([2H])[2H])c3c4ccccc4oc23)cc1C([2H])([2H])[2H]. The van der Waals surface area contributed by atoms with E-state index in [1.165, 1.54) is 6.07 Å². The third-order valence-electron chi connectivity index (χ3n) is 5.13. The fourth-order valence-corrected chi connectivity index (χ4v) is 3.78. The smallest absolute Gasteiger partial charge is 0.197 e. The Kier molecular flexibility index (Phi) is 1.90.